The Morgan fingerprint density at radius 3 is 2.69 bits per heavy atom. The molecule has 0 radical (unpaired) electrons. The number of hydrogen-bond donors (Lipinski definition) is 0. The number of methoxy groups -OCH3 is 1. The van der Waals surface area contributed by atoms with E-state index in [0.29, 0.717) is 32.2 Å². The highest BCUT2D eigenvalue weighted by Gasteiger charge is 2.17. The number of morpholine rings is 1. The molecule has 1 saturated heterocycles. The molecular weight excluding hydrogens is 352 g/mol. The van der Waals surface area contributed by atoms with E-state index in [-0.39, 0.29) is 5.69 Å². The highest BCUT2D eigenvalue weighted by atomic mass is 32.2. The van der Waals surface area contributed by atoms with Gasteiger partial charge in [-0.3, -0.25) is 9.47 Å². The highest BCUT2D eigenvalue weighted by molar-refractivity contribution is 7.98. The van der Waals surface area contributed by atoms with E-state index in [1.165, 1.54) is 0 Å². The van der Waals surface area contributed by atoms with Crippen molar-refractivity contribution in [2.45, 2.75) is 23.9 Å². The summed E-state index contributed by atoms with van der Waals surface area (Å²) in [6, 6.07) is 7.86. The van der Waals surface area contributed by atoms with Crippen LogP contribution in [0.5, 0.6) is 5.75 Å². The Morgan fingerprint density at radius 1 is 1.31 bits per heavy atom. The number of ether oxygens (including phenoxy) is 2. The zero-order chi connectivity index (χ0) is 18.4. The van der Waals surface area contributed by atoms with Gasteiger partial charge in [0.05, 0.1) is 32.7 Å². The third kappa shape index (κ3) is 4.57. The van der Waals surface area contributed by atoms with Crippen LogP contribution >= 0.6 is 11.8 Å². The quantitative estimate of drug-likeness (QED) is 0.517. The average molecular weight is 376 g/mol. The van der Waals surface area contributed by atoms with Crippen molar-refractivity contribution in [3.05, 3.63) is 53.2 Å². The van der Waals surface area contributed by atoms with Gasteiger partial charge in [-0.25, -0.2) is 4.79 Å². The summed E-state index contributed by atoms with van der Waals surface area (Å²) in [4.78, 5) is 16.0. The van der Waals surface area contributed by atoms with Crippen LogP contribution in [-0.2, 0) is 23.7 Å². The number of aromatic nitrogens is 3. The van der Waals surface area contributed by atoms with Crippen molar-refractivity contribution in [2.75, 3.05) is 33.4 Å². The van der Waals surface area contributed by atoms with E-state index in [9.17, 15) is 4.79 Å². The molecule has 2 aromatic rings. The summed E-state index contributed by atoms with van der Waals surface area (Å²) in [7, 11) is 1.65. The summed E-state index contributed by atoms with van der Waals surface area (Å²) in [5.74, 6) is 2.20. The molecule has 1 aliphatic rings. The van der Waals surface area contributed by atoms with Gasteiger partial charge in [-0.1, -0.05) is 6.08 Å². The Hall–Kier alpha value is -2.03. The van der Waals surface area contributed by atoms with Gasteiger partial charge in [0.1, 0.15) is 11.6 Å². The zero-order valence-corrected chi connectivity index (χ0v) is 15.8. The first kappa shape index (κ1) is 18.8. The molecule has 0 amide bonds. The van der Waals surface area contributed by atoms with Crippen LogP contribution in [0.25, 0.3) is 0 Å². The summed E-state index contributed by atoms with van der Waals surface area (Å²) in [6.45, 7) is 7.73. The van der Waals surface area contributed by atoms with Crippen LogP contribution in [0.2, 0.25) is 0 Å². The van der Waals surface area contributed by atoms with Crippen molar-refractivity contribution >= 4 is 11.8 Å². The number of rotatable bonds is 8. The SMILES string of the molecule is C=CCn1c(CSc2ccc(OC)cc2)nn(CN2CCOCC2)c1=O. The van der Waals surface area contributed by atoms with Crippen LogP contribution < -0.4 is 10.4 Å². The molecule has 0 spiro atoms. The molecule has 3 rings (SSSR count). The number of benzene rings is 1. The van der Waals surface area contributed by atoms with Gasteiger partial charge in [-0.05, 0) is 24.3 Å². The summed E-state index contributed by atoms with van der Waals surface area (Å²) in [5.41, 5.74) is -0.0956. The number of nitrogens with zero attached hydrogens (tertiary/aromatic N) is 4. The van der Waals surface area contributed by atoms with Gasteiger partial charge in [0.25, 0.3) is 0 Å². The lowest BCUT2D eigenvalue weighted by molar-refractivity contribution is 0.0205. The lowest BCUT2D eigenvalue weighted by Crippen LogP contribution is -2.40. The number of hydrogen-bond acceptors (Lipinski definition) is 6. The summed E-state index contributed by atoms with van der Waals surface area (Å²) in [5, 5.41) is 4.56. The first-order chi connectivity index (χ1) is 12.7. The second kappa shape index (κ2) is 9.07. The van der Waals surface area contributed by atoms with Crippen LogP contribution in [0.4, 0.5) is 0 Å². The van der Waals surface area contributed by atoms with E-state index in [0.717, 1.165) is 29.6 Å². The van der Waals surface area contributed by atoms with Crippen molar-refractivity contribution in [3.8, 4) is 5.75 Å². The minimum absolute atomic E-state index is 0.0956. The van der Waals surface area contributed by atoms with Gasteiger partial charge in [0.15, 0.2) is 0 Å². The molecule has 26 heavy (non-hydrogen) atoms. The Kier molecular flexibility index (Phi) is 6.54. The van der Waals surface area contributed by atoms with E-state index in [2.05, 4.69) is 16.6 Å². The van der Waals surface area contributed by atoms with Gasteiger partial charge in [0.2, 0.25) is 0 Å². The fraction of sp³-hybridized carbons (Fsp3) is 0.444. The molecule has 0 bridgehead atoms. The normalized spacial score (nSPS) is 15.1. The van der Waals surface area contributed by atoms with Crippen LogP contribution in [0, 0.1) is 0 Å². The molecule has 1 aliphatic heterocycles. The van der Waals surface area contributed by atoms with Crippen molar-refractivity contribution in [2.24, 2.45) is 0 Å². The maximum atomic E-state index is 12.7. The fourth-order valence-corrected chi connectivity index (χ4v) is 3.59. The summed E-state index contributed by atoms with van der Waals surface area (Å²) >= 11 is 1.64. The molecule has 0 N–H and O–H groups in total. The standard InChI is InChI=1S/C18H24N4O3S/c1-3-8-21-17(13-26-16-6-4-15(24-2)5-7-16)19-22(18(21)23)14-20-9-11-25-12-10-20/h3-7H,1,8-14H2,2H3. The Bertz CT molecular complexity index is 779. The van der Waals surface area contributed by atoms with Gasteiger partial charge >= 0.3 is 5.69 Å². The van der Waals surface area contributed by atoms with E-state index < -0.39 is 0 Å². The third-order valence-electron chi connectivity index (χ3n) is 4.18. The molecule has 0 atom stereocenters. The smallest absolute Gasteiger partial charge is 0.347 e. The molecule has 2 heterocycles. The minimum atomic E-state index is -0.0956. The predicted molar refractivity (Wildman–Crippen MR) is 102 cm³/mol. The number of thioether (sulfide) groups is 1. The van der Waals surface area contributed by atoms with Crippen molar-refractivity contribution in [1.82, 2.24) is 19.2 Å². The van der Waals surface area contributed by atoms with Gasteiger partial charge < -0.3 is 9.47 Å². The summed E-state index contributed by atoms with van der Waals surface area (Å²) < 4.78 is 13.8. The molecule has 1 aromatic heterocycles. The van der Waals surface area contributed by atoms with Crippen molar-refractivity contribution < 1.29 is 9.47 Å². The molecule has 1 aromatic carbocycles. The maximum Gasteiger partial charge on any atom is 0.347 e. The first-order valence-corrected chi connectivity index (χ1v) is 9.54. The van der Waals surface area contributed by atoms with Gasteiger partial charge in [-0.2, -0.15) is 9.78 Å². The summed E-state index contributed by atoms with van der Waals surface area (Å²) in [6.07, 6.45) is 1.73. The average Bonchev–Trinajstić information content (AvgIpc) is 2.97. The molecule has 7 nitrogen and oxygen atoms in total. The minimum Gasteiger partial charge on any atom is -0.497 e. The van der Waals surface area contributed by atoms with Crippen molar-refractivity contribution in [3.63, 3.8) is 0 Å². The zero-order valence-electron chi connectivity index (χ0n) is 15.0. The Balaban J connectivity index is 1.72. The largest absolute Gasteiger partial charge is 0.497 e. The van der Waals surface area contributed by atoms with Crippen LogP contribution in [0.1, 0.15) is 5.82 Å². The molecular formula is C18H24N4O3S. The maximum absolute atomic E-state index is 12.7. The predicted octanol–water partition coefficient (Wildman–Crippen LogP) is 1.82. The lowest BCUT2D eigenvalue weighted by atomic mass is 10.3. The fourth-order valence-electron chi connectivity index (χ4n) is 2.75. The van der Waals surface area contributed by atoms with E-state index in [1.54, 1.807) is 34.2 Å². The van der Waals surface area contributed by atoms with E-state index in [1.807, 2.05) is 24.3 Å². The lowest BCUT2D eigenvalue weighted by Gasteiger charge is -2.25. The van der Waals surface area contributed by atoms with E-state index in [4.69, 9.17) is 9.47 Å². The van der Waals surface area contributed by atoms with Crippen LogP contribution in [0.3, 0.4) is 0 Å². The molecule has 1 fully saturated rings. The molecule has 0 aliphatic carbocycles. The van der Waals surface area contributed by atoms with Gasteiger partial charge in [0, 0.05) is 24.5 Å². The highest BCUT2D eigenvalue weighted by Crippen LogP contribution is 2.24. The topological polar surface area (TPSA) is 61.5 Å². The second-order valence-corrected chi connectivity index (χ2v) is 6.98. The third-order valence-corrected chi connectivity index (χ3v) is 5.18. The molecule has 0 unspecified atom stereocenters. The molecule has 140 valence electrons. The molecule has 8 heteroatoms. The van der Waals surface area contributed by atoms with Crippen LogP contribution in [-0.4, -0.2) is 52.7 Å². The van der Waals surface area contributed by atoms with Gasteiger partial charge in [-0.15, -0.1) is 18.3 Å². The molecule has 0 saturated carbocycles. The number of allylic oxidation sites excluding steroid dienone is 1. The Morgan fingerprint density at radius 2 is 2.04 bits per heavy atom. The Labute approximate surface area is 157 Å². The van der Waals surface area contributed by atoms with E-state index >= 15 is 0 Å². The van der Waals surface area contributed by atoms with Crippen LogP contribution in [0.15, 0.2) is 46.6 Å². The second-order valence-electron chi connectivity index (χ2n) is 5.93. The van der Waals surface area contributed by atoms with Crippen molar-refractivity contribution in [1.29, 1.82) is 0 Å². The first-order valence-electron chi connectivity index (χ1n) is 8.55. The monoisotopic (exact) mass is 376 g/mol.